The van der Waals surface area contributed by atoms with Crippen molar-refractivity contribution in [2.45, 2.75) is 52.7 Å². The summed E-state index contributed by atoms with van der Waals surface area (Å²) in [5, 5.41) is 18.3. The Kier molecular flexibility index (Phi) is 6.52. The van der Waals surface area contributed by atoms with Gasteiger partial charge >= 0.3 is 0 Å². The quantitative estimate of drug-likeness (QED) is 0.794. The second kappa shape index (κ2) is 8.41. The predicted octanol–water partition coefficient (Wildman–Crippen LogP) is 2.02. The lowest BCUT2D eigenvalue weighted by molar-refractivity contribution is -0.0670. The zero-order valence-electron chi connectivity index (χ0n) is 15.5. The number of ether oxygens (including phenoxy) is 1. The molecule has 0 saturated carbocycles. The number of morpholine rings is 1. The van der Waals surface area contributed by atoms with Crippen molar-refractivity contribution in [2.75, 3.05) is 38.1 Å². The molecule has 2 heterocycles. The molecule has 2 rings (SSSR count). The highest BCUT2D eigenvalue weighted by molar-refractivity contribution is 5.57. The van der Waals surface area contributed by atoms with Crippen molar-refractivity contribution >= 4 is 5.82 Å². The van der Waals surface area contributed by atoms with Gasteiger partial charge in [0.05, 0.1) is 17.9 Å². The van der Waals surface area contributed by atoms with Gasteiger partial charge in [0.2, 0.25) is 0 Å². The van der Waals surface area contributed by atoms with Crippen molar-refractivity contribution in [3.8, 4) is 6.07 Å². The Hall–Kier alpha value is -1.71. The van der Waals surface area contributed by atoms with Crippen LogP contribution >= 0.6 is 0 Å². The van der Waals surface area contributed by atoms with Gasteiger partial charge in [0.15, 0.2) is 5.82 Å². The van der Waals surface area contributed by atoms with Gasteiger partial charge in [0.25, 0.3) is 0 Å². The van der Waals surface area contributed by atoms with E-state index in [0.717, 1.165) is 50.3 Å². The molecule has 132 valence electrons. The van der Waals surface area contributed by atoms with E-state index in [0.29, 0.717) is 11.4 Å². The molecule has 0 aromatic carbocycles. The fraction of sp³-hybridized carbons (Fsp3) is 0.722. The van der Waals surface area contributed by atoms with Gasteiger partial charge in [-0.05, 0) is 32.3 Å². The normalized spacial score (nSPS) is 21.5. The van der Waals surface area contributed by atoms with Crippen molar-refractivity contribution in [3.05, 3.63) is 16.8 Å². The number of rotatable bonds is 6. The number of hydrogen-bond donors (Lipinski definition) is 0. The van der Waals surface area contributed by atoms with Crippen LogP contribution < -0.4 is 4.90 Å². The smallest absolute Gasteiger partial charge is 0.169 e. The van der Waals surface area contributed by atoms with Gasteiger partial charge in [-0.15, -0.1) is 5.10 Å². The van der Waals surface area contributed by atoms with Gasteiger partial charge in [0, 0.05) is 33.2 Å². The van der Waals surface area contributed by atoms with E-state index in [9.17, 15) is 5.26 Å². The summed E-state index contributed by atoms with van der Waals surface area (Å²) in [6, 6.07) is 2.35. The maximum Gasteiger partial charge on any atom is 0.169 e. The average Bonchev–Trinajstić information content (AvgIpc) is 2.57. The van der Waals surface area contributed by atoms with Gasteiger partial charge in [-0.1, -0.05) is 13.8 Å². The number of aryl methyl sites for hydroxylation is 1. The number of hydrogen-bond acceptors (Lipinski definition) is 6. The maximum atomic E-state index is 9.61. The summed E-state index contributed by atoms with van der Waals surface area (Å²) in [4.78, 5) is 4.46. The van der Waals surface area contributed by atoms with Crippen LogP contribution in [-0.4, -0.2) is 60.5 Å². The highest BCUT2D eigenvalue weighted by Gasteiger charge is 2.23. The molecule has 1 aliphatic heterocycles. The Morgan fingerprint density at radius 2 is 1.88 bits per heavy atom. The SMILES string of the molecule is CCc1nnc(N(C)CCN2C[C@@H](C)O[C@@H](C)C2)c(C#N)c1CC. The molecule has 0 aliphatic carbocycles. The van der Waals surface area contributed by atoms with Crippen LogP contribution in [-0.2, 0) is 17.6 Å². The van der Waals surface area contributed by atoms with E-state index in [1.165, 1.54) is 0 Å². The van der Waals surface area contributed by atoms with Crippen LogP contribution in [0.25, 0.3) is 0 Å². The fourth-order valence-corrected chi connectivity index (χ4v) is 3.41. The summed E-state index contributed by atoms with van der Waals surface area (Å²) in [7, 11) is 1.99. The zero-order chi connectivity index (χ0) is 17.7. The van der Waals surface area contributed by atoms with Gasteiger partial charge in [0.1, 0.15) is 11.6 Å². The van der Waals surface area contributed by atoms with Crippen molar-refractivity contribution < 1.29 is 4.74 Å². The highest BCUT2D eigenvalue weighted by Crippen LogP contribution is 2.22. The topological polar surface area (TPSA) is 65.3 Å². The highest BCUT2D eigenvalue weighted by atomic mass is 16.5. The standard InChI is InChI=1S/C18H29N5O/c1-6-15-16(10-19)18(21-20-17(15)7-2)22(5)8-9-23-11-13(3)24-14(4)12-23/h13-14H,6-9,11-12H2,1-5H3/t13-,14+. The second-order valence-corrected chi connectivity index (χ2v) is 6.58. The molecule has 2 atom stereocenters. The third-order valence-corrected chi connectivity index (χ3v) is 4.55. The molecular weight excluding hydrogens is 302 g/mol. The Balaban J connectivity index is 2.09. The lowest BCUT2D eigenvalue weighted by Gasteiger charge is -2.36. The number of anilines is 1. The van der Waals surface area contributed by atoms with E-state index < -0.39 is 0 Å². The summed E-state index contributed by atoms with van der Waals surface area (Å²) in [5.74, 6) is 0.695. The van der Waals surface area contributed by atoms with Crippen molar-refractivity contribution in [2.24, 2.45) is 0 Å². The first kappa shape index (κ1) is 18.6. The van der Waals surface area contributed by atoms with Crippen molar-refractivity contribution in [1.29, 1.82) is 5.26 Å². The molecule has 1 aromatic heterocycles. The minimum atomic E-state index is 0.268. The number of nitriles is 1. The minimum absolute atomic E-state index is 0.268. The molecule has 0 spiro atoms. The van der Waals surface area contributed by atoms with E-state index in [1.807, 2.05) is 7.05 Å². The second-order valence-electron chi connectivity index (χ2n) is 6.58. The van der Waals surface area contributed by atoms with E-state index >= 15 is 0 Å². The van der Waals surface area contributed by atoms with Gasteiger partial charge in [-0.25, -0.2) is 0 Å². The molecule has 0 amide bonds. The van der Waals surface area contributed by atoms with Gasteiger partial charge in [-0.2, -0.15) is 10.4 Å². The number of aromatic nitrogens is 2. The molecule has 24 heavy (non-hydrogen) atoms. The molecule has 6 nitrogen and oxygen atoms in total. The Labute approximate surface area is 145 Å². The summed E-state index contributed by atoms with van der Waals surface area (Å²) >= 11 is 0. The Morgan fingerprint density at radius 3 is 2.42 bits per heavy atom. The third-order valence-electron chi connectivity index (χ3n) is 4.55. The monoisotopic (exact) mass is 331 g/mol. The zero-order valence-corrected chi connectivity index (χ0v) is 15.5. The molecule has 1 fully saturated rings. The van der Waals surface area contributed by atoms with Crippen LogP contribution in [0.5, 0.6) is 0 Å². The van der Waals surface area contributed by atoms with Crippen LogP contribution in [0.4, 0.5) is 5.82 Å². The summed E-state index contributed by atoms with van der Waals surface area (Å²) in [6.45, 7) is 12.0. The van der Waals surface area contributed by atoms with Gasteiger partial charge in [-0.3, -0.25) is 4.90 Å². The molecular formula is C18H29N5O. The first-order valence-corrected chi connectivity index (χ1v) is 8.87. The summed E-state index contributed by atoms with van der Waals surface area (Å²) in [5.41, 5.74) is 2.64. The van der Waals surface area contributed by atoms with Crippen molar-refractivity contribution in [1.82, 2.24) is 15.1 Å². The summed E-state index contributed by atoms with van der Waals surface area (Å²) in [6.07, 6.45) is 2.15. The first-order chi connectivity index (χ1) is 11.5. The largest absolute Gasteiger partial charge is 0.373 e. The van der Waals surface area contributed by atoms with Gasteiger partial charge < -0.3 is 9.64 Å². The average molecular weight is 331 g/mol. The van der Waals surface area contributed by atoms with Crippen LogP contribution in [0.15, 0.2) is 0 Å². The van der Waals surface area contributed by atoms with Crippen LogP contribution in [0, 0.1) is 11.3 Å². The lowest BCUT2D eigenvalue weighted by atomic mass is 10.0. The fourth-order valence-electron chi connectivity index (χ4n) is 3.41. The number of nitrogens with zero attached hydrogens (tertiary/aromatic N) is 5. The molecule has 6 heteroatoms. The molecule has 0 N–H and O–H groups in total. The van der Waals surface area contributed by atoms with E-state index in [-0.39, 0.29) is 12.2 Å². The predicted molar refractivity (Wildman–Crippen MR) is 95.2 cm³/mol. The molecule has 1 aliphatic rings. The molecule has 0 radical (unpaired) electrons. The number of likely N-dealkylation sites (N-methyl/N-ethyl adjacent to an activating group) is 1. The van der Waals surface area contributed by atoms with Crippen molar-refractivity contribution in [3.63, 3.8) is 0 Å². The minimum Gasteiger partial charge on any atom is -0.373 e. The van der Waals surface area contributed by atoms with E-state index in [2.05, 4.69) is 53.8 Å². The summed E-state index contributed by atoms with van der Waals surface area (Å²) < 4.78 is 5.78. The van der Waals surface area contributed by atoms with Crippen LogP contribution in [0.3, 0.4) is 0 Å². The van der Waals surface area contributed by atoms with Crippen LogP contribution in [0.2, 0.25) is 0 Å². The van der Waals surface area contributed by atoms with E-state index in [4.69, 9.17) is 4.74 Å². The molecule has 1 saturated heterocycles. The maximum absolute atomic E-state index is 9.61. The Morgan fingerprint density at radius 1 is 1.21 bits per heavy atom. The van der Waals surface area contributed by atoms with E-state index in [1.54, 1.807) is 0 Å². The van der Waals surface area contributed by atoms with Crippen LogP contribution in [0.1, 0.15) is 44.5 Å². The Bertz CT molecular complexity index is 588. The molecule has 1 aromatic rings. The third kappa shape index (κ3) is 4.22. The first-order valence-electron chi connectivity index (χ1n) is 8.87. The molecule has 0 unspecified atom stereocenters. The lowest BCUT2D eigenvalue weighted by Crippen LogP contribution is -2.47. The molecule has 0 bridgehead atoms.